The summed E-state index contributed by atoms with van der Waals surface area (Å²) in [6, 6.07) is 15.5. The first-order valence-electron chi connectivity index (χ1n) is 8.93. The van der Waals surface area contributed by atoms with Gasteiger partial charge in [-0.05, 0) is 49.4 Å². The van der Waals surface area contributed by atoms with Gasteiger partial charge in [-0.2, -0.15) is 0 Å². The van der Waals surface area contributed by atoms with Crippen LogP contribution < -0.4 is 15.5 Å². The summed E-state index contributed by atoms with van der Waals surface area (Å²) in [5, 5.41) is 6.47. The molecule has 1 saturated heterocycles. The Kier molecular flexibility index (Phi) is 6.36. The number of nitrogens with one attached hydrogen (secondary N) is 2. The Morgan fingerprint density at radius 2 is 1.73 bits per heavy atom. The lowest BCUT2D eigenvalue weighted by Gasteiger charge is -2.34. The van der Waals surface area contributed by atoms with Crippen LogP contribution in [0.25, 0.3) is 0 Å². The Balaban J connectivity index is 1.45. The number of anilines is 2. The lowest BCUT2D eigenvalue weighted by Crippen LogP contribution is -2.44. The molecule has 0 aliphatic carbocycles. The van der Waals surface area contributed by atoms with Gasteiger partial charge in [-0.3, -0.25) is 0 Å². The van der Waals surface area contributed by atoms with E-state index in [1.807, 2.05) is 36.4 Å². The summed E-state index contributed by atoms with van der Waals surface area (Å²) in [7, 11) is 2.15. The number of piperazine rings is 1. The molecule has 2 N–H and O–H groups in total. The zero-order valence-electron chi connectivity index (χ0n) is 15.0. The first-order chi connectivity index (χ1) is 12.6. The Bertz CT molecular complexity index is 727. The maximum Gasteiger partial charge on any atom is 0.319 e. The van der Waals surface area contributed by atoms with Crippen LogP contribution in [0.4, 0.5) is 16.2 Å². The molecule has 5 nitrogen and oxygen atoms in total. The van der Waals surface area contributed by atoms with Crippen LogP contribution >= 0.6 is 11.6 Å². The van der Waals surface area contributed by atoms with Gasteiger partial charge in [0.25, 0.3) is 0 Å². The molecule has 138 valence electrons. The number of carbonyl (C=O) groups excluding carboxylic acids is 1. The highest BCUT2D eigenvalue weighted by Gasteiger charge is 2.14. The van der Waals surface area contributed by atoms with Crippen molar-refractivity contribution in [3.8, 4) is 0 Å². The highest BCUT2D eigenvalue weighted by molar-refractivity contribution is 6.31. The molecule has 0 bridgehead atoms. The quantitative estimate of drug-likeness (QED) is 0.845. The summed E-state index contributed by atoms with van der Waals surface area (Å²) in [4.78, 5) is 16.7. The molecule has 1 heterocycles. The molecule has 0 saturated carbocycles. The second-order valence-electron chi connectivity index (χ2n) is 6.56. The molecule has 0 unspecified atom stereocenters. The normalized spacial score (nSPS) is 14.9. The van der Waals surface area contributed by atoms with E-state index >= 15 is 0 Å². The van der Waals surface area contributed by atoms with E-state index in [1.165, 1.54) is 5.69 Å². The number of hydrogen-bond acceptors (Lipinski definition) is 3. The molecular weight excluding hydrogens is 348 g/mol. The summed E-state index contributed by atoms with van der Waals surface area (Å²) in [5.74, 6) is 0. The van der Waals surface area contributed by atoms with Crippen molar-refractivity contribution in [2.45, 2.75) is 6.42 Å². The number of halogens is 1. The Hall–Kier alpha value is -2.24. The van der Waals surface area contributed by atoms with Gasteiger partial charge in [0.15, 0.2) is 0 Å². The van der Waals surface area contributed by atoms with Crippen molar-refractivity contribution in [3.05, 3.63) is 59.1 Å². The first kappa shape index (κ1) is 18.5. The zero-order chi connectivity index (χ0) is 18.4. The number of carbonyl (C=O) groups is 1. The third-order valence-corrected chi connectivity index (χ3v) is 5.00. The minimum absolute atomic E-state index is 0.204. The van der Waals surface area contributed by atoms with E-state index in [1.54, 1.807) is 0 Å². The van der Waals surface area contributed by atoms with Crippen LogP contribution in [-0.2, 0) is 6.42 Å². The lowest BCUT2D eigenvalue weighted by molar-refractivity contribution is 0.252. The third-order valence-electron chi connectivity index (χ3n) is 4.63. The van der Waals surface area contributed by atoms with Gasteiger partial charge >= 0.3 is 6.03 Å². The van der Waals surface area contributed by atoms with Crippen LogP contribution in [-0.4, -0.2) is 50.7 Å². The van der Waals surface area contributed by atoms with Crippen molar-refractivity contribution in [1.82, 2.24) is 10.2 Å². The molecular formula is C20H25ClN4O. The van der Waals surface area contributed by atoms with Gasteiger partial charge in [0, 0.05) is 49.1 Å². The molecule has 2 amide bonds. The number of nitrogens with zero attached hydrogens (tertiary/aromatic N) is 2. The van der Waals surface area contributed by atoms with Gasteiger partial charge in [-0.25, -0.2) is 4.79 Å². The highest BCUT2D eigenvalue weighted by atomic mass is 35.5. The van der Waals surface area contributed by atoms with E-state index in [-0.39, 0.29) is 6.03 Å². The largest absolute Gasteiger partial charge is 0.369 e. The Labute approximate surface area is 159 Å². The predicted molar refractivity (Wildman–Crippen MR) is 108 cm³/mol. The van der Waals surface area contributed by atoms with Crippen LogP contribution in [0.3, 0.4) is 0 Å². The fourth-order valence-corrected chi connectivity index (χ4v) is 3.24. The molecule has 0 radical (unpaired) electrons. The van der Waals surface area contributed by atoms with E-state index in [0.717, 1.165) is 42.5 Å². The van der Waals surface area contributed by atoms with Crippen LogP contribution in [0.1, 0.15) is 5.56 Å². The van der Waals surface area contributed by atoms with E-state index in [0.29, 0.717) is 13.0 Å². The van der Waals surface area contributed by atoms with E-state index in [9.17, 15) is 4.79 Å². The number of rotatable bonds is 5. The van der Waals surface area contributed by atoms with Gasteiger partial charge in [0.05, 0.1) is 0 Å². The minimum Gasteiger partial charge on any atom is -0.369 e. The Morgan fingerprint density at radius 1 is 1.04 bits per heavy atom. The monoisotopic (exact) mass is 372 g/mol. The fraction of sp³-hybridized carbons (Fsp3) is 0.350. The van der Waals surface area contributed by atoms with Crippen molar-refractivity contribution in [3.63, 3.8) is 0 Å². The van der Waals surface area contributed by atoms with Gasteiger partial charge in [0.1, 0.15) is 0 Å². The molecule has 2 aromatic rings. The number of likely N-dealkylation sites (N-methyl/N-ethyl adjacent to an activating group) is 1. The average Bonchev–Trinajstić information content (AvgIpc) is 2.65. The smallest absolute Gasteiger partial charge is 0.319 e. The third kappa shape index (κ3) is 5.13. The number of amides is 2. The minimum atomic E-state index is -0.204. The Morgan fingerprint density at radius 3 is 2.42 bits per heavy atom. The molecule has 1 aliphatic heterocycles. The van der Waals surface area contributed by atoms with E-state index in [4.69, 9.17) is 11.6 Å². The molecule has 0 atom stereocenters. The summed E-state index contributed by atoms with van der Waals surface area (Å²) < 4.78 is 0. The SMILES string of the molecule is CN1CCN(c2ccc(NC(=O)NCCc3ccccc3Cl)cc2)CC1. The standard InChI is InChI=1S/C20H25ClN4O/c1-24-12-14-25(15-13-24)18-8-6-17(7-9-18)23-20(26)22-11-10-16-4-2-3-5-19(16)21/h2-9H,10-15H2,1H3,(H2,22,23,26). The first-order valence-corrected chi connectivity index (χ1v) is 9.31. The van der Waals surface area contributed by atoms with Gasteiger partial charge < -0.3 is 20.4 Å². The van der Waals surface area contributed by atoms with Crippen LogP contribution in [0.2, 0.25) is 5.02 Å². The molecule has 6 heteroatoms. The summed E-state index contributed by atoms with van der Waals surface area (Å²) in [6.07, 6.45) is 0.704. The zero-order valence-corrected chi connectivity index (χ0v) is 15.8. The van der Waals surface area contributed by atoms with Crippen molar-refractivity contribution in [2.75, 3.05) is 50.0 Å². The second kappa shape index (κ2) is 8.92. The molecule has 2 aromatic carbocycles. The fourth-order valence-electron chi connectivity index (χ4n) is 3.01. The summed E-state index contributed by atoms with van der Waals surface area (Å²) in [5.41, 5.74) is 3.02. The lowest BCUT2D eigenvalue weighted by atomic mass is 10.1. The molecule has 0 spiro atoms. The average molecular weight is 373 g/mol. The summed E-state index contributed by atoms with van der Waals surface area (Å²) in [6.45, 7) is 4.76. The van der Waals surface area contributed by atoms with Gasteiger partial charge in [-0.1, -0.05) is 29.8 Å². The predicted octanol–water partition coefficient (Wildman–Crippen LogP) is 3.46. The van der Waals surface area contributed by atoms with Gasteiger partial charge in [0.2, 0.25) is 0 Å². The molecule has 26 heavy (non-hydrogen) atoms. The molecule has 3 rings (SSSR count). The highest BCUT2D eigenvalue weighted by Crippen LogP contribution is 2.19. The molecule has 1 aliphatic rings. The maximum absolute atomic E-state index is 12.0. The maximum atomic E-state index is 12.0. The number of urea groups is 1. The van der Waals surface area contributed by atoms with Crippen LogP contribution in [0.5, 0.6) is 0 Å². The number of benzene rings is 2. The van der Waals surface area contributed by atoms with Crippen molar-refractivity contribution < 1.29 is 4.79 Å². The molecule has 0 aromatic heterocycles. The van der Waals surface area contributed by atoms with E-state index in [2.05, 4.69) is 39.6 Å². The van der Waals surface area contributed by atoms with Gasteiger partial charge in [-0.15, -0.1) is 0 Å². The van der Waals surface area contributed by atoms with Crippen molar-refractivity contribution >= 4 is 29.0 Å². The van der Waals surface area contributed by atoms with Crippen LogP contribution in [0.15, 0.2) is 48.5 Å². The molecule has 1 fully saturated rings. The summed E-state index contributed by atoms with van der Waals surface area (Å²) >= 11 is 6.12. The topological polar surface area (TPSA) is 47.6 Å². The van der Waals surface area contributed by atoms with Crippen LogP contribution in [0, 0.1) is 0 Å². The van der Waals surface area contributed by atoms with E-state index < -0.39 is 0 Å². The second-order valence-corrected chi connectivity index (χ2v) is 6.97. The number of hydrogen-bond donors (Lipinski definition) is 2. The van der Waals surface area contributed by atoms with Crippen molar-refractivity contribution in [2.24, 2.45) is 0 Å². The van der Waals surface area contributed by atoms with Crippen molar-refractivity contribution in [1.29, 1.82) is 0 Å².